The van der Waals surface area contributed by atoms with E-state index in [-0.39, 0.29) is 46.9 Å². The summed E-state index contributed by atoms with van der Waals surface area (Å²) in [6.07, 6.45) is 0.0475. The Hall–Kier alpha value is -3.06. The van der Waals surface area contributed by atoms with Crippen LogP contribution in [-0.2, 0) is 16.1 Å². The number of carbonyl (C=O) groups excluding carboxylic acids is 1. The monoisotopic (exact) mass is 566 g/mol. The molecule has 0 spiro atoms. The first-order valence-electron chi connectivity index (χ1n) is 12.9. The molecular formula is C26H29ClF2N4O6. The van der Waals surface area contributed by atoms with E-state index in [1.54, 1.807) is 0 Å². The van der Waals surface area contributed by atoms with Gasteiger partial charge in [-0.15, -0.1) is 0 Å². The highest BCUT2D eigenvalue weighted by molar-refractivity contribution is 6.32. The summed E-state index contributed by atoms with van der Waals surface area (Å²) < 4.78 is 51.7. The highest BCUT2D eigenvalue weighted by Gasteiger charge is 2.48. The summed E-state index contributed by atoms with van der Waals surface area (Å²) in [4.78, 5) is 23.6. The molecule has 1 saturated carbocycles. The van der Waals surface area contributed by atoms with E-state index in [9.17, 15) is 18.7 Å². The Morgan fingerprint density at radius 3 is 2.59 bits per heavy atom. The van der Waals surface area contributed by atoms with Crippen LogP contribution in [0.15, 0.2) is 18.2 Å². The number of fused-ring (bicyclic) bond motifs is 2. The van der Waals surface area contributed by atoms with E-state index in [0.717, 1.165) is 25.0 Å². The zero-order valence-corrected chi connectivity index (χ0v) is 22.1. The van der Waals surface area contributed by atoms with Gasteiger partial charge in [0.05, 0.1) is 24.3 Å². The summed E-state index contributed by atoms with van der Waals surface area (Å²) in [5, 5.41) is 12.6. The van der Waals surface area contributed by atoms with Crippen molar-refractivity contribution in [2.24, 2.45) is 5.92 Å². The van der Waals surface area contributed by atoms with Crippen molar-refractivity contribution in [3.8, 4) is 11.9 Å². The molecule has 2 aromatic heterocycles. The first-order chi connectivity index (χ1) is 18.9. The zero-order valence-electron chi connectivity index (χ0n) is 21.4. The second-order valence-corrected chi connectivity index (χ2v) is 9.78. The van der Waals surface area contributed by atoms with E-state index < -0.39 is 48.6 Å². The Bertz CT molecular complexity index is 1330. The van der Waals surface area contributed by atoms with Crippen LogP contribution in [0.2, 0.25) is 5.02 Å². The van der Waals surface area contributed by atoms with Crippen LogP contribution >= 0.6 is 11.6 Å². The molecule has 1 unspecified atom stereocenters. The van der Waals surface area contributed by atoms with E-state index in [1.807, 2.05) is 13.8 Å². The molecule has 2 saturated heterocycles. The highest BCUT2D eigenvalue weighted by atomic mass is 35.5. The molecule has 3 fully saturated rings. The second kappa shape index (κ2) is 11.6. The SMILES string of the molecule is CC.O=C(NCC1CC1)c1cc(F)c(COc2nc3nc(O[C@@H]4COC5[C@H](O)CO[C@@H]54)[nH]c3cc2Cl)c(F)c1. The van der Waals surface area contributed by atoms with Gasteiger partial charge >= 0.3 is 0 Å². The topological polar surface area (TPSA) is 128 Å². The number of benzene rings is 1. The Balaban J connectivity index is 0.00000151. The van der Waals surface area contributed by atoms with E-state index in [2.05, 4.69) is 20.3 Å². The molecule has 3 N–H and O–H groups in total. The normalized spacial score (nSPS) is 23.7. The van der Waals surface area contributed by atoms with Gasteiger partial charge in [0.15, 0.2) is 11.8 Å². The molecule has 4 atom stereocenters. The van der Waals surface area contributed by atoms with Gasteiger partial charge in [-0.3, -0.25) is 4.79 Å². The smallest absolute Gasteiger partial charge is 0.296 e. The number of pyridine rings is 1. The van der Waals surface area contributed by atoms with Crippen LogP contribution < -0.4 is 14.8 Å². The van der Waals surface area contributed by atoms with E-state index >= 15 is 0 Å². The molecule has 2 aliphatic heterocycles. The molecule has 1 amide bonds. The van der Waals surface area contributed by atoms with E-state index in [1.165, 1.54) is 6.07 Å². The fourth-order valence-electron chi connectivity index (χ4n) is 4.40. The van der Waals surface area contributed by atoms with Crippen molar-refractivity contribution in [3.05, 3.63) is 46.0 Å². The van der Waals surface area contributed by atoms with Crippen LogP contribution in [0.5, 0.6) is 11.9 Å². The van der Waals surface area contributed by atoms with Crippen LogP contribution in [0, 0.1) is 17.6 Å². The lowest BCUT2D eigenvalue weighted by Gasteiger charge is -2.15. The molecule has 39 heavy (non-hydrogen) atoms. The number of rotatable bonds is 8. The lowest BCUT2D eigenvalue weighted by molar-refractivity contribution is 0.00706. The quantitative estimate of drug-likeness (QED) is 0.378. The predicted molar refractivity (Wildman–Crippen MR) is 136 cm³/mol. The van der Waals surface area contributed by atoms with Crippen LogP contribution in [0.25, 0.3) is 11.2 Å². The number of hydrogen-bond donors (Lipinski definition) is 3. The van der Waals surface area contributed by atoms with E-state index in [4.69, 9.17) is 30.5 Å². The van der Waals surface area contributed by atoms with Crippen molar-refractivity contribution in [2.45, 2.75) is 57.7 Å². The van der Waals surface area contributed by atoms with Crippen molar-refractivity contribution in [1.29, 1.82) is 0 Å². The first kappa shape index (κ1) is 27.5. The van der Waals surface area contributed by atoms with Crippen molar-refractivity contribution in [2.75, 3.05) is 19.8 Å². The van der Waals surface area contributed by atoms with Crippen LogP contribution in [0.4, 0.5) is 8.78 Å². The van der Waals surface area contributed by atoms with Crippen molar-refractivity contribution in [3.63, 3.8) is 0 Å². The number of amides is 1. The number of halogens is 3. The maximum Gasteiger partial charge on any atom is 0.296 e. The molecule has 3 aliphatic rings. The minimum Gasteiger partial charge on any atom is -0.471 e. The number of aromatic amines is 1. The third-order valence-electron chi connectivity index (χ3n) is 6.62. The minimum absolute atomic E-state index is 0.0798. The summed E-state index contributed by atoms with van der Waals surface area (Å²) in [6.45, 7) is 4.39. The summed E-state index contributed by atoms with van der Waals surface area (Å²) >= 11 is 6.27. The lowest BCUT2D eigenvalue weighted by Crippen LogP contribution is -2.34. The van der Waals surface area contributed by atoms with Gasteiger partial charge in [-0.1, -0.05) is 25.4 Å². The Morgan fingerprint density at radius 1 is 1.15 bits per heavy atom. The second-order valence-electron chi connectivity index (χ2n) is 9.37. The number of imidazole rings is 1. The number of aromatic nitrogens is 3. The Kier molecular flexibility index (Phi) is 8.17. The highest BCUT2D eigenvalue weighted by Crippen LogP contribution is 2.32. The number of aliphatic hydroxyl groups excluding tert-OH is 1. The van der Waals surface area contributed by atoms with Gasteiger partial charge in [0.1, 0.15) is 41.6 Å². The lowest BCUT2D eigenvalue weighted by atomic mass is 10.1. The van der Waals surface area contributed by atoms with Crippen molar-refractivity contribution >= 4 is 28.7 Å². The number of nitrogens with one attached hydrogen (secondary N) is 2. The first-order valence-corrected chi connectivity index (χ1v) is 13.3. The Labute approximate surface area is 228 Å². The summed E-state index contributed by atoms with van der Waals surface area (Å²) in [7, 11) is 0. The fourth-order valence-corrected chi connectivity index (χ4v) is 4.60. The number of hydrogen-bond acceptors (Lipinski definition) is 8. The average Bonchev–Trinajstić information content (AvgIpc) is 3.38. The third-order valence-corrected chi connectivity index (χ3v) is 6.89. The molecule has 13 heteroatoms. The number of nitrogens with zero attached hydrogens (tertiary/aromatic N) is 2. The van der Waals surface area contributed by atoms with Crippen LogP contribution in [0.3, 0.4) is 0 Å². The summed E-state index contributed by atoms with van der Waals surface area (Å²) in [5.41, 5.74) is 0.199. The number of ether oxygens (including phenoxy) is 4. The number of H-pyrrole nitrogens is 1. The standard InChI is InChI=1S/C24H23ClF2N4O6.C2H6/c25-13-5-16-21(31-24(29-16)37-18-9-35-19-17(32)8-34-20(18)19)30-23(13)36-7-12-14(26)3-11(4-15(12)27)22(33)28-6-10-1-2-10;1-2/h3-5,10,17-20,32H,1-2,6-9H2,(H,28,33)(H,29,30,31);1-2H3/t17-,18-,19?,20-;/m1./s1. The molecule has 0 radical (unpaired) electrons. The van der Waals surface area contributed by atoms with Crippen molar-refractivity contribution in [1.82, 2.24) is 20.3 Å². The minimum atomic E-state index is -0.916. The van der Waals surface area contributed by atoms with Gasteiger partial charge in [0.25, 0.3) is 11.9 Å². The Morgan fingerprint density at radius 2 is 1.87 bits per heavy atom. The van der Waals surface area contributed by atoms with Gasteiger partial charge in [-0.2, -0.15) is 9.97 Å². The van der Waals surface area contributed by atoms with Crippen LogP contribution in [0.1, 0.15) is 42.6 Å². The molecular weight excluding hydrogens is 538 g/mol. The van der Waals surface area contributed by atoms with Gasteiger partial charge in [0.2, 0.25) is 5.88 Å². The van der Waals surface area contributed by atoms with Gasteiger partial charge < -0.3 is 34.4 Å². The molecule has 1 aliphatic carbocycles. The summed E-state index contributed by atoms with van der Waals surface area (Å²) in [5.74, 6) is -2.00. The molecule has 1 aromatic carbocycles. The number of aliphatic hydroxyl groups is 1. The van der Waals surface area contributed by atoms with Crippen molar-refractivity contribution < 1.29 is 37.6 Å². The third kappa shape index (κ3) is 5.93. The molecule has 0 bridgehead atoms. The average molecular weight is 567 g/mol. The van der Waals surface area contributed by atoms with Gasteiger partial charge in [-0.05, 0) is 37.0 Å². The van der Waals surface area contributed by atoms with Gasteiger partial charge in [0, 0.05) is 12.1 Å². The number of carbonyl (C=O) groups is 1. The van der Waals surface area contributed by atoms with E-state index in [0.29, 0.717) is 18.0 Å². The maximum atomic E-state index is 14.6. The largest absolute Gasteiger partial charge is 0.471 e. The zero-order chi connectivity index (χ0) is 27.7. The molecule has 4 heterocycles. The predicted octanol–water partition coefficient (Wildman–Crippen LogP) is 3.54. The molecule has 3 aromatic rings. The summed E-state index contributed by atoms with van der Waals surface area (Å²) in [6, 6.07) is 3.60. The van der Waals surface area contributed by atoms with Gasteiger partial charge in [-0.25, -0.2) is 8.78 Å². The molecule has 10 nitrogen and oxygen atoms in total. The maximum absolute atomic E-state index is 14.6. The molecule has 210 valence electrons. The fraction of sp³-hybridized carbons (Fsp3) is 0.500. The van der Waals surface area contributed by atoms with Crippen LogP contribution in [-0.4, -0.2) is 70.1 Å². The molecule has 6 rings (SSSR count).